The van der Waals surface area contributed by atoms with Crippen LogP contribution in [-0.4, -0.2) is 19.9 Å². The molecule has 5 heteroatoms. The van der Waals surface area contributed by atoms with Crippen molar-refractivity contribution in [2.75, 3.05) is 0 Å². The van der Waals surface area contributed by atoms with Gasteiger partial charge in [-0.3, -0.25) is 0 Å². The Morgan fingerprint density at radius 3 is 1.39 bits per heavy atom. The molecule has 4 nitrogen and oxygen atoms in total. The van der Waals surface area contributed by atoms with Gasteiger partial charge in [-0.05, 0) is 55.9 Å². The van der Waals surface area contributed by atoms with Crippen molar-refractivity contribution in [1.29, 1.82) is 0 Å². The number of rotatable bonds is 6. The zero-order valence-electron chi connectivity index (χ0n) is 30.7. The zero-order chi connectivity index (χ0) is 37.7. The molecule has 0 atom stereocenters. The molecular weight excluding hydrogens is 713 g/mol. The number of aromatic nitrogens is 4. The average molecular weight is 745 g/mol. The zero-order valence-corrected chi connectivity index (χ0v) is 31.5. The van der Waals surface area contributed by atoms with Crippen LogP contribution in [0.3, 0.4) is 0 Å². The molecule has 0 radical (unpaired) electrons. The van der Waals surface area contributed by atoms with Gasteiger partial charge in [0.15, 0.2) is 17.5 Å². The first-order valence-corrected chi connectivity index (χ1v) is 19.9. The maximum absolute atomic E-state index is 5.24. The Labute approximate surface area is 333 Å². The molecule has 0 saturated carbocycles. The highest BCUT2D eigenvalue weighted by Gasteiger charge is 2.17. The first kappa shape index (κ1) is 33.0. The van der Waals surface area contributed by atoms with E-state index in [4.69, 9.17) is 19.9 Å². The summed E-state index contributed by atoms with van der Waals surface area (Å²) in [6.45, 7) is 0. The molecule has 0 fully saturated rings. The molecule has 2 heterocycles. The molecule has 0 aliphatic carbocycles. The van der Waals surface area contributed by atoms with E-state index in [0.29, 0.717) is 17.5 Å². The number of hydrogen-bond acceptors (Lipinski definition) is 5. The summed E-state index contributed by atoms with van der Waals surface area (Å²) in [4.78, 5) is 20.3. The third kappa shape index (κ3) is 6.02. The Balaban J connectivity index is 0.971. The highest BCUT2D eigenvalue weighted by atomic mass is 32.1. The van der Waals surface area contributed by atoms with Crippen LogP contribution in [0.2, 0.25) is 0 Å². The molecule has 11 aromatic rings. The molecule has 0 saturated heterocycles. The van der Waals surface area contributed by atoms with Crippen molar-refractivity contribution in [3.63, 3.8) is 0 Å². The Bertz CT molecular complexity index is 3270. The number of nitrogens with zero attached hydrogens (tertiary/aromatic N) is 4. The van der Waals surface area contributed by atoms with E-state index in [-0.39, 0.29) is 0 Å². The van der Waals surface area contributed by atoms with Crippen molar-refractivity contribution in [1.82, 2.24) is 19.9 Å². The summed E-state index contributed by atoms with van der Waals surface area (Å²) in [5.41, 5.74) is 9.55. The van der Waals surface area contributed by atoms with Crippen LogP contribution in [0.1, 0.15) is 0 Å². The van der Waals surface area contributed by atoms with Crippen LogP contribution in [0.5, 0.6) is 0 Å². The third-order valence-electron chi connectivity index (χ3n) is 10.8. The van der Waals surface area contributed by atoms with Crippen molar-refractivity contribution >= 4 is 53.9 Å². The van der Waals surface area contributed by atoms with Gasteiger partial charge < -0.3 is 0 Å². The molecule has 9 aromatic carbocycles. The smallest absolute Gasteiger partial charge is 0.164 e. The van der Waals surface area contributed by atoms with Crippen LogP contribution in [0.25, 0.3) is 110 Å². The first-order valence-electron chi connectivity index (χ1n) is 19.0. The molecule has 0 aliphatic rings. The highest BCUT2D eigenvalue weighted by molar-refractivity contribution is 7.22. The molecule has 0 bridgehead atoms. The summed E-state index contributed by atoms with van der Waals surface area (Å²) in [7, 11) is 0. The van der Waals surface area contributed by atoms with E-state index in [0.717, 1.165) is 54.9 Å². The number of hydrogen-bond donors (Lipinski definition) is 0. The number of thiazole rings is 1. The number of fused-ring (bicyclic) bond motifs is 7. The molecule has 266 valence electrons. The fourth-order valence-corrected chi connectivity index (χ4v) is 8.93. The van der Waals surface area contributed by atoms with Crippen LogP contribution in [0.4, 0.5) is 0 Å². The molecule has 57 heavy (non-hydrogen) atoms. The second-order valence-electron chi connectivity index (χ2n) is 14.3. The SMILES string of the molecule is c1ccc(-c2nc(-c3ccc(-c4ccc5ccccc5c4)cc3)nc(-c3ccc(-c4ccc5c6ccccc6c6sc(-c7ccccc7)nc6c5c4)cc3)n2)cc1. The lowest BCUT2D eigenvalue weighted by molar-refractivity contribution is 1.07. The lowest BCUT2D eigenvalue weighted by Crippen LogP contribution is -2.00. The molecule has 0 aliphatic heterocycles. The van der Waals surface area contributed by atoms with Crippen molar-refractivity contribution in [3.05, 3.63) is 194 Å². The fourth-order valence-electron chi connectivity index (χ4n) is 7.80. The summed E-state index contributed by atoms with van der Waals surface area (Å²) < 4.78 is 1.22. The second-order valence-corrected chi connectivity index (χ2v) is 15.3. The molecule has 0 spiro atoms. The molecule has 0 unspecified atom stereocenters. The van der Waals surface area contributed by atoms with Gasteiger partial charge in [-0.15, -0.1) is 11.3 Å². The van der Waals surface area contributed by atoms with Gasteiger partial charge in [0, 0.05) is 33.0 Å². The van der Waals surface area contributed by atoms with E-state index in [9.17, 15) is 0 Å². The maximum atomic E-state index is 5.24. The van der Waals surface area contributed by atoms with Gasteiger partial charge in [0.25, 0.3) is 0 Å². The quantitative estimate of drug-likeness (QED) is 0.159. The minimum atomic E-state index is 0.631. The Kier molecular flexibility index (Phi) is 7.97. The highest BCUT2D eigenvalue weighted by Crippen LogP contribution is 2.42. The van der Waals surface area contributed by atoms with Crippen LogP contribution >= 0.6 is 11.3 Å². The molecule has 0 amide bonds. The fraction of sp³-hybridized carbons (Fsp3) is 0. The Morgan fingerprint density at radius 1 is 0.281 bits per heavy atom. The van der Waals surface area contributed by atoms with Crippen molar-refractivity contribution in [2.45, 2.75) is 0 Å². The minimum absolute atomic E-state index is 0.631. The van der Waals surface area contributed by atoms with Gasteiger partial charge in [-0.25, -0.2) is 19.9 Å². The summed E-state index contributed by atoms with van der Waals surface area (Å²) in [5.74, 6) is 1.91. The van der Waals surface area contributed by atoms with E-state index < -0.39 is 0 Å². The molecule has 2 aromatic heterocycles. The van der Waals surface area contributed by atoms with Gasteiger partial charge in [0.1, 0.15) is 5.01 Å². The number of benzene rings is 9. The van der Waals surface area contributed by atoms with Crippen LogP contribution in [0, 0.1) is 0 Å². The van der Waals surface area contributed by atoms with E-state index >= 15 is 0 Å². The summed E-state index contributed by atoms with van der Waals surface area (Å²) in [6, 6.07) is 68.1. The van der Waals surface area contributed by atoms with E-state index in [1.54, 1.807) is 11.3 Å². The predicted molar refractivity (Wildman–Crippen MR) is 238 cm³/mol. The lowest BCUT2D eigenvalue weighted by atomic mass is 9.96. The third-order valence-corrected chi connectivity index (χ3v) is 11.9. The molecule has 0 N–H and O–H groups in total. The van der Waals surface area contributed by atoms with Gasteiger partial charge in [0.2, 0.25) is 0 Å². The van der Waals surface area contributed by atoms with Gasteiger partial charge >= 0.3 is 0 Å². The first-order chi connectivity index (χ1) is 28.2. The van der Waals surface area contributed by atoms with Gasteiger partial charge in [0.05, 0.1) is 10.2 Å². The largest absolute Gasteiger partial charge is 0.235 e. The Hall–Kier alpha value is -7.34. The molecule has 11 rings (SSSR count). The molecular formula is C52H32N4S. The second kappa shape index (κ2) is 13.7. The van der Waals surface area contributed by atoms with Crippen LogP contribution in [-0.2, 0) is 0 Å². The normalized spacial score (nSPS) is 11.5. The van der Waals surface area contributed by atoms with Gasteiger partial charge in [-0.2, -0.15) is 0 Å². The topological polar surface area (TPSA) is 51.6 Å². The van der Waals surface area contributed by atoms with E-state index in [1.807, 2.05) is 36.4 Å². The minimum Gasteiger partial charge on any atom is -0.235 e. The Morgan fingerprint density at radius 2 is 0.737 bits per heavy atom. The van der Waals surface area contributed by atoms with Crippen LogP contribution < -0.4 is 0 Å². The summed E-state index contributed by atoms with van der Waals surface area (Å²) in [6.07, 6.45) is 0. The van der Waals surface area contributed by atoms with E-state index in [2.05, 4.69) is 158 Å². The maximum Gasteiger partial charge on any atom is 0.164 e. The van der Waals surface area contributed by atoms with Crippen molar-refractivity contribution in [3.8, 4) is 67.0 Å². The predicted octanol–water partition coefficient (Wildman–Crippen LogP) is 13.9. The van der Waals surface area contributed by atoms with Crippen molar-refractivity contribution < 1.29 is 0 Å². The standard InChI is InChI=1S/C52H32N4S/c1-3-12-36(13-4-1)49-54-50(37-24-19-34(20-25-37)41-28-23-33-11-7-8-16-40(33)31-41)56-51(55-49)38-26-21-35(22-27-38)42-29-30-44-43-17-9-10-18-45(43)48-47(46(44)32-42)53-52(57-48)39-14-5-2-6-15-39/h1-32H. The monoisotopic (exact) mass is 744 g/mol. The van der Waals surface area contributed by atoms with Crippen molar-refractivity contribution in [2.24, 2.45) is 0 Å². The lowest BCUT2D eigenvalue weighted by Gasteiger charge is -2.11. The summed E-state index contributed by atoms with van der Waals surface area (Å²) >= 11 is 1.76. The summed E-state index contributed by atoms with van der Waals surface area (Å²) in [5, 5.41) is 8.34. The van der Waals surface area contributed by atoms with Gasteiger partial charge in [-0.1, -0.05) is 182 Å². The average Bonchev–Trinajstić information content (AvgIpc) is 3.76. The van der Waals surface area contributed by atoms with Crippen LogP contribution in [0.15, 0.2) is 194 Å². The van der Waals surface area contributed by atoms with E-state index in [1.165, 1.54) is 37.2 Å².